The molecule has 0 bridgehead atoms. The zero-order chi connectivity index (χ0) is 35.9. The van der Waals surface area contributed by atoms with Gasteiger partial charge in [-0.1, -0.05) is 135 Å². The second-order valence-corrected chi connectivity index (χ2v) is 15.4. The fourth-order valence-electron chi connectivity index (χ4n) is 8.88. The molecule has 0 fully saturated rings. The van der Waals surface area contributed by atoms with Crippen LogP contribution in [0.15, 0.2) is 109 Å². The van der Waals surface area contributed by atoms with E-state index in [-0.39, 0.29) is 0 Å². The molecule has 0 unspecified atom stereocenters. The molecule has 0 N–H and O–H groups in total. The molecular weight excluding hydrogens is 613 g/mol. The number of hydrogen-bond donors (Lipinski definition) is 0. The van der Waals surface area contributed by atoms with Crippen LogP contribution in [0.2, 0.25) is 0 Å². The summed E-state index contributed by atoms with van der Waals surface area (Å²) in [6.07, 6.45) is 7.18. The number of hydrogen-bond acceptors (Lipinski definition) is 0. The van der Waals surface area contributed by atoms with Crippen LogP contribution in [-0.4, -0.2) is 0 Å². The van der Waals surface area contributed by atoms with E-state index in [4.69, 9.17) is 0 Å². The lowest BCUT2D eigenvalue weighted by Gasteiger charge is -2.38. The SMILES string of the molecule is CCCCc1ccc(-c2cc(C3(c4cc(-c5ccc(CCCC)cc5)c(C)cc4C)c4cc(C)ccc4-c4ccc(C)cc43)c(C)cc2C)cc1. The molecule has 0 heterocycles. The Balaban J connectivity index is 1.53. The topological polar surface area (TPSA) is 0 Å². The highest BCUT2D eigenvalue weighted by Crippen LogP contribution is 2.58. The van der Waals surface area contributed by atoms with Gasteiger partial charge in [-0.15, -0.1) is 0 Å². The Morgan fingerprint density at radius 2 is 0.765 bits per heavy atom. The summed E-state index contributed by atoms with van der Waals surface area (Å²) in [7, 11) is 0. The third-order valence-corrected chi connectivity index (χ3v) is 11.6. The Kier molecular flexibility index (Phi) is 9.64. The van der Waals surface area contributed by atoms with Gasteiger partial charge >= 0.3 is 0 Å². The van der Waals surface area contributed by atoms with Gasteiger partial charge < -0.3 is 0 Å². The van der Waals surface area contributed by atoms with E-state index in [1.807, 2.05) is 0 Å². The molecule has 6 aromatic rings. The van der Waals surface area contributed by atoms with E-state index in [0.717, 1.165) is 12.8 Å². The number of rotatable bonds is 10. The van der Waals surface area contributed by atoms with Gasteiger partial charge in [0.25, 0.3) is 0 Å². The van der Waals surface area contributed by atoms with Crippen LogP contribution in [0, 0.1) is 41.5 Å². The van der Waals surface area contributed by atoms with E-state index in [1.54, 1.807) is 0 Å². The first kappa shape index (κ1) is 34.8. The molecule has 0 aliphatic heterocycles. The van der Waals surface area contributed by atoms with Crippen molar-refractivity contribution in [2.45, 2.75) is 99.3 Å². The number of unbranched alkanes of at least 4 members (excludes halogenated alkanes) is 2. The number of aryl methyl sites for hydroxylation is 8. The van der Waals surface area contributed by atoms with E-state index < -0.39 is 5.41 Å². The quantitative estimate of drug-likeness (QED) is 0.136. The largest absolute Gasteiger partial charge is 0.0719 e. The predicted molar refractivity (Wildman–Crippen MR) is 220 cm³/mol. The smallest absolute Gasteiger partial charge is 0.0654 e. The van der Waals surface area contributed by atoms with Crippen LogP contribution in [0.5, 0.6) is 0 Å². The van der Waals surface area contributed by atoms with Crippen molar-refractivity contribution in [2.75, 3.05) is 0 Å². The second-order valence-electron chi connectivity index (χ2n) is 15.4. The first-order valence-corrected chi connectivity index (χ1v) is 19.3. The zero-order valence-electron chi connectivity index (χ0n) is 32.1. The fraction of sp³-hybridized carbons (Fsp3) is 0.294. The molecule has 0 saturated carbocycles. The first-order chi connectivity index (χ1) is 24.6. The number of fused-ring (bicyclic) bond motifs is 3. The Labute approximate surface area is 307 Å². The molecule has 0 amide bonds. The molecule has 0 radical (unpaired) electrons. The van der Waals surface area contributed by atoms with Crippen LogP contribution in [0.25, 0.3) is 33.4 Å². The summed E-state index contributed by atoms with van der Waals surface area (Å²) in [5.74, 6) is 0. The van der Waals surface area contributed by atoms with Crippen molar-refractivity contribution in [1.29, 1.82) is 0 Å². The maximum Gasteiger partial charge on any atom is 0.0719 e. The van der Waals surface area contributed by atoms with Gasteiger partial charge in [-0.3, -0.25) is 0 Å². The van der Waals surface area contributed by atoms with Crippen LogP contribution in [0.4, 0.5) is 0 Å². The van der Waals surface area contributed by atoms with Crippen molar-refractivity contribution in [3.05, 3.63) is 176 Å². The van der Waals surface area contributed by atoms with Gasteiger partial charge in [0, 0.05) is 0 Å². The average Bonchev–Trinajstić information content (AvgIpc) is 3.39. The van der Waals surface area contributed by atoms with Crippen LogP contribution in [0.3, 0.4) is 0 Å². The molecule has 7 rings (SSSR count). The first-order valence-electron chi connectivity index (χ1n) is 19.3. The van der Waals surface area contributed by atoms with Gasteiger partial charge in [0.05, 0.1) is 5.41 Å². The van der Waals surface area contributed by atoms with Gasteiger partial charge in [-0.25, -0.2) is 0 Å². The second kappa shape index (κ2) is 14.1. The summed E-state index contributed by atoms with van der Waals surface area (Å²) in [6, 6.07) is 43.1. The van der Waals surface area contributed by atoms with E-state index in [2.05, 4.69) is 165 Å². The Morgan fingerprint density at radius 1 is 0.373 bits per heavy atom. The Morgan fingerprint density at radius 3 is 1.14 bits per heavy atom. The maximum absolute atomic E-state index is 2.55. The van der Waals surface area contributed by atoms with Crippen LogP contribution >= 0.6 is 0 Å². The minimum atomic E-state index is -0.482. The average molecular weight is 667 g/mol. The van der Waals surface area contributed by atoms with Crippen molar-refractivity contribution in [1.82, 2.24) is 0 Å². The summed E-state index contributed by atoms with van der Waals surface area (Å²) in [6.45, 7) is 18.3. The van der Waals surface area contributed by atoms with Crippen molar-refractivity contribution in [3.63, 3.8) is 0 Å². The Hall–Kier alpha value is -4.68. The lowest BCUT2D eigenvalue weighted by Crippen LogP contribution is -2.31. The Bertz CT molecular complexity index is 2050. The molecule has 6 aromatic carbocycles. The molecule has 0 saturated heterocycles. The normalized spacial score (nSPS) is 12.9. The van der Waals surface area contributed by atoms with Crippen molar-refractivity contribution < 1.29 is 0 Å². The van der Waals surface area contributed by atoms with Crippen molar-refractivity contribution >= 4 is 0 Å². The zero-order valence-corrected chi connectivity index (χ0v) is 32.1. The van der Waals surface area contributed by atoms with Crippen molar-refractivity contribution in [3.8, 4) is 33.4 Å². The summed E-state index contributed by atoms with van der Waals surface area (Å²) >= 11 is 0. The standard InChI is InChI=1S/C51H54/c1-9-11-13-39-17-21-41(22-18-39)45-31-47(37(7)29-35(45)5)51(49-27-33(3)15-25-43(49)44-26-16-34(4)28-50(44)51)48-32-46(36(6)30-38(48)8)42-23-19-40(20-24-42)14-12-10-2/h15-32H,9-14H2,1-8H3. The maximum atomic E-state index is 2.55. The summed E-state index contributed by atoms with van der Waals surface area (Å²) < 4.78 is 0. The van der Waals surface area contributed by atoms with E-state index in [9.17, 15) is 0 Å². The predicted octanol–water partition coefficient (Wildman–Crippen LogP) is 13.9. The molecule has 0 nitrogen and oxygen atoms in total. The highest BCUT2D eigenvalue weighted by Gasteiger charge is 2.48. The molecular formula is C51H54. The molecule has 51 heavy (non-hydrogen) atoms. The highest BCUT2D eigenvalue weighted by molar-refractivity contribution is 5.89. The van der Waals surface area contributed by atoms with Gasteiger partial charge in [-0.2, -0.15) is 0 Å². The molecule has 0 spiro atoms. The highest BCUT2D eigenvalue weighted by atomic mass is 14.5. The lowest BCUT2D eigenvalue weighted by atomic mass is 9.64. The summed E-state index contributed by atoms with van der Waals surface area (Å²) in [4.78, 5) is 0. The third kappa shape index (κ3) is 6.18. The fourth-order valence-corrected chi connectivity index (χ4v) is 8.88. The lowest BCUT2D eigenvalue weighted by molar-refractivity contribution is 0.752. The van der Waals surface area contributed by atoms with Gasteiger partial charge in [0.1, 0.15) is 0 Å². The van der Waals surface area contributed by atoms with Crippen molar-refractivity contribution in [2.24, 2.45) is 0 Å². The van der Waals surface area contributed by atoms with Gasteiger partial charge in [0.2, 0.25) is 0 Å². The van der Waals surface area contributed by atoms with Gasteiger partial charge in [0.15, 0.2) is 0 Å². The molecule has 1 aliphatic carbocycles. The van der Waals surface area contributed by atoms with Gasteiger partial charge in [-0.05, 0) is 168 Å². The van der Waals surface area contributed by atoms with Crippen LogP contribution < -0.4 is 0 Å². The monoisotopic (exact) mass is 666 g/mol. The van der Waals surface area contributed by atoms with E-state index in [1.165, 1.54) is 126 Å². The number of benzene rings is 6. The molecule has 258 valence electrons. The minimum absolute atomic E-state index is 0.482. The molecule has 0 aromatic heterocycles. The van der Waals surface area contributed by atoms with Crippen LogP contribution in [-0.2, 0) is 18.3 Å². The minimum Gasteiger partial charge on any atom is -0.0654 e. The van der Waals surface area contributed by atoms with Crippen LogP contribution in [0.1, 0.15) is 106 Å². The molecule has 0 heteroatoms. The summed E-state index contributed by atoms with van der Waals surface area (Å²) in [5.41, 5.74) is 23.7. The third-order valence-electron chi connectivity index (χ3n) is 11.6. The molecule has 0 atom stereocenters. The van der Waals surface area contributed by atoms with E-state index in [0.29, 0.717) is 0 Å². The summed E-state index contributed by atoms with van der Waals surface area (Å²) in [5, 5.41) is 0. The molecule has 1 aliphatic rings. The van der Waals surface area contributed by atoms with E-state index >= 15 is 0 Å².